The van der Waals surface area contributed by atoms with Crippen LogP contribution in [0.25, 0.3) is 0 Å². The molecular formula is C22H28N4O4. The number of hydrogen-bond donors (Lipinski definition) is 2. The van der Waals surface area contributed by atoms with Crippen molar-refractivity contribution in [3.05, 3.63) is 41.7 Å². The van der Waals surface area contributed by atoms with Crippen molar-refractivity contribution in [3.63, 3.8) is 0 Å². The first kappa shape index (κ1) is 19.5. The van der Waals surface area contributed by atoms with E-state index in [1.54, 1.807) is 18.2 Å². The summed E-state index contributed by atoms with van der Waals surface area (Å²) in [6.45, 7) is 0.847. The van der Waals surface area contributed by atoms with Crippen molar-refractivity contribution < 1.29 is 19.4 Å². The van der Waals surface area contributed by atoms with Crippen molar-refractivity contribution in [2.24, 2.45) is 5.92 Å². The Morgan fingerprint density at radius 1 is 1.13 bits per heavy atom. The lowest BCUT2D eigenvalue weighted by Gasteiger charge is -2.20. The van der Waals surface area contributed by atoms with Crippen molar-refractivity contribution in [2.45, 2.75) is 62.8 Å². The monoisotopic (exact) mass is 412 g/mol. The SMILES string of the molecule is O=C(NC1COC2C1OCC2n1cc(CC2CCCCC2)nn1)c1ccccc1O. The zero-order valence-corrected chi connectivity index (χ0v) is 16.9. The Balaban J connectivity index is 1.21. The van der Waals surface area contributed by atoms with Gasteiger partial charge in [-0.15, -0.1) is 5.10 Å². The second-order valence-electron chi connectivity index (χ2n) is 8.66. The van der Waals surface area contributed by atoms with Crippen LogP contribution in [0.3, 0.4) is 0 Å². The number of aromatic nitrogens is 3. The van der Waals surface area contributed by atoms with E-state index < -0.39 is 0 Å². The summed E-state index contributed by atoms with van der Waals surface area (Å²) in [6, 6.07) is 6.19. The Morgan fingerprint density at radius 3 is 2.77 bits per heavy atom. The van der Waals surface area contributed by atoms with Gasteiger partial charge in [0.1, 0.15) is 24.0 Å². The highest BCUT2D eigenvalue weighted by Gasteiger charge is 2.49. The van der Waals surface area contributed by atoms with E-state index in [0.29, 0.717) is 19.1 Å². The minimum atomic E-state index is -0.329. The molecule has 1 aliphatic carbocycles. The minimum Gasteiger partial charge on any atom is -0.507 e. The summed E-state index contributed by atoms with van der Waals surface area (Å²) in [5.41, 5.74) is 1.28. The van der Waals surface area contributed by atoms with E-state index in [-0.39, 0.29) is 41.5 Å². The van der Waals surface area contributed by atoms with Crippen LogP contribution in [0, 0.1) is 5.92 Å². The van der Waals surface area contributed by atoms with Crippen LogP contribution in [0.5, 0.6) is 5.75 Å². The van der Waals surface area contributed by atoms with Gasteiger partial charge < -0.3 is 19.9 Å². The summed E-state index contributed by atoms with van der Waals surface area (Å²) in [5, 5.41) is 21.6. The third kappa shape index (κ3) is 3.81. The Morgan fingerprint density at radius 2 is 1.93 bits per heavy atom. The normalized spacial score (nSPS) is 29.1. The predicted molar refractivity (Wildman–Crippen MR) is 108 cm³/mol. The zero-order chi connectivity index (χ0) is 20.5. The highest BCUT2D eigenvalue weighted by atomic mass is 16.6. The molecule has 1 amide bonds. The number of fused-ring (bicyclic) bond motifs is 1. The Labute approximate surface area is 175 Å². The van der Waals surface area contributed by atoms with E-state index in [0.717, 1.165) is 12.1 Å². The van der Waals surface area contributed by atoms with Gasteiger partial charge in [-0.05, 0) is 24.5 Å². The number of para-hydroxylation sites is 1. The fraction of sp³-hybridized carbons (Fsp3) is 0.591. The molecule has 4 unspecified atom stereocenters. The van der Waals surface area contributed by atoms with Gasteiger partial charge >= 0.3 is 0 Å². The molecule has 0 bridgehead atoms. The number of rotatable bonds is 5. The fourth-order valence-corrected chi connectivity index (χ4v) is 5.00. The molecule has 5 rings (SSSR count). The molecule has 2 aromatic rings. The maximum atomic E-state index is 12.5. The third-order valence-corrected chi connectivity index (χ3v) is 6.61. The number of carbonyl (C=O) groups is 1. The summed E-state index contributed by atoms with van der Waals surface area (Å²) in [4.78, 5) is 12.5. The quantitative estimate of drug-likeness (QED) is 0.782. The molecule has 160 valence electrons. The average molecular weight is 412 g/mol. The lowest BCUT2D eigenvalue weighted by molar-refractivity contribution is 0.0613. The summed E-state index contributed by atoms with van der Waals surface area (Å²) in [6.07, 6.45) is 9.16. The number of ether oxygens (including phenoxy) is 2. The number of amides is 1. The van der Waals surface area contributed by atoms with Crippen LogP contribution in [-0.4, -0.2) is 57.5 Å². The number of benzene rings is 1. The molecule has 3 heterocycles. The van der Waals surface area contributed by atoms with Crippen LogP contribution in [0.2, 0.25) is 0 Å². The van der Waals surface area contributed by atoms with Gasteiger partial charge in [0.2, 0.25) is 0 Å². The second kappa shape index (κ2) is 8.35. The van der Waals surface area contributed by atoms with Crippen molar-refractivity contribution in [1.82, 2.24) is 20.3 Å². The number of phenols is 1. The van der Waals surface area contributed by atoms with Gasteiger partial charge in [0.05, 0.1) is 30.5 Å². The van der Waals surface area contributed by atoms with Crippen molar-refractivity contribution in [2.75, 3.05) is 13.2 Å². The molecule has 4 atom stereocenters. The number of nitrogens with one attached hydrogen (secondary N) is 1. The predicted octanol–water partition coefficient (Wildman–Crippen LogP) is 2.24. The van der Waals surface area contributed by atoms with Crippen LogP contribution in [-0.2, 0) is 15.9 Å². The fourth-order valence-electron chi connectivity index (χ4n) is 5.00. The number of hydrogen-bond acceptors (Lipinski definition) is 6. The lowest BCUT2D eigenvalue weighted by Crippen LogP contribution is -2.44. The molecule has 30 heavy (non-hydrogen) atoms. The van der Waals surface area contributed by atoms with Crippen molar-refractivity contribution in [1.29, 1.82) is 0 Å². The standard InChI is InChI=1S/C22H28N4O4/c27-19-9-5-4-8-16(19)22(28)23-17-12-29-21-18(13-30-20(17)21)26-11-15(24-25-26)10-14-6-2-1-3-7-14/h4-5,8-9,11,14,17-18,20-21,27H,1-3,6-7,10,12-13H2,(H,23,28). The topological polar surface area (TPSA) is 98.5 Å². The zero-order valence-electron chi connectivity index (χ0n) is 16.9. The maximum absolute atomic E-state index is 12.5. The largest absolute Gasteiger partial charge is 0.507 e. The van der Waals surface area contributed by atoms with Crippen LogP contribution < -0.4 is 5.32 Å². The van der Waals surface area contributed by atoms with Crippen molar-refractivity contribution in [3.8, 4) is 5.75 Å². The van der Waals surface area contributed by atoms with Gasteiger partial charge in [-0.1, -0.05) is 49.5 Å². The minimum absolute atomic E-state index is 0.0382. The maximum Gasteiger partial charge on any atom is 0.255 e. The molecular weight excluding hydrogens is 384 g/mol. The summed E-state index contributed by atoms with van der Waals surface area (Å²) in [5.74, 6) is 0.349. The molecule has 1 saturated carbocycles. The summed E-state index contributed by atoms with van der Waals surface area (Å²) in [7, 11) is 0. The molecule has 0 radical (unpaired) electrons. The number of phenolic OH excluding ortho intramolecular Hbond substituents is 1. The third-order valence-electron chi connectivity index (χ3n) is 6.61. The summed E-state index contributed by atoms with van der Waals surface area (Å²) < 4.78 is 13.9. The highest BCUT2D eigenvalue weighted by Crippen LogP contribution is 2.34. The molecule has 8 nitrogen and oxygen atoms in total. The Hall–Kier alpha value is -2.45. The van der Waals surface area contributed by atoms with Crippen LogP contribution >= 0.6 is 0 Å². The van der Waals surface area contributed by atoms with Crippen LogP contribution in [0.1, 0.15) is 54.2 Å². The number of carbonyl (C=O) groups excluding carboxylic acids is 1. The van der Waals surface area contributed by atoms with Gasteiger partial charge in [0.15, 0.2) is 0 Å². The first-order chi connectivity index (χ1) is 14.7. The number of nitrogens with zero attached hydrogens (tertiary/aromatic N) is 3. The average Bonchev–Trinajstić information content (AvgIpc) is 3.47. The van der Waals surface area contributed by atoms with E-state index in [9.17, 15) is 9.90 Å². The first-order valence-corrected chi connectivity index (χ1v) is 10.9. The van der Waals surface area contributed by atoms with E-state index in [1.165, 1.54) is 38.2 Å². The van der Waals surface area contributed by atoms with Gasteiger partial charge in [-0.3, -0.25) is 4.79 Å². The van der Waals surface area contributed by atoms with E-state index in [2.05, 4.69) is 15.6 Å². The van der Waals surface area contributed by atoms with Crippen LogP contribution in [0.15, 0.2) is 30.5 Å². The summed E-state index contributed by atoms with van der Waals surface area (Å²) >= 11 is 0. The molecule has 3 aliphatic rings. The second-order valence-corrected chi connectivity index (χ2v) is 8.66. The van der Waals surface area contributed by atoms with E-state index >= 15 is 0 Å². The molecule has 1 aromatic heterocycles. The smallest absolute Gasteiger partial charge is 0.255 e. The lowest BCUT2D eigenvalue weighted by atomic mass is 9.86. The highest BCUT2D eigenvalue weighted by molar-refractivity contribution is 5.97. The molecule has 3 fully saturated rings. The van der Waals surface area contributed by atoms with Gasteiger partial charge in [0, 0.05) is 6.20 Å². The molecule has 2 N–H and O–H groups in total. The van der Waals surface area contributed by atoms with Crippen LogP contribution in [0.4, 0.5) is 0 Å². The molecule has 0 spiro atoms. The molecule has 2 saturated heterocycles. The molecule has 8 heteroatoms. The van der Waals surface area contributed by atoms with Crippen molar-refractivity contribution >= 4 is 5.91 Å². The molecule has 1 aromatic carbocycles. The first-order valence-electron chi connectivity index (χ1n) is 10.9. The Kier molecular flexibility index (Phi) is 5.43. The Bertz CT molecular complexity index is 895. The molecule has 2 aliphatic heterocycles. The van der Waals surface area contributed by atoms with Gasteiger partial charge in [0.25, 0.3) is 5.91 Å². The van der Waals surface area contributed by atoms with E-state index in [4.69, 9.17) is 9.47 Å². The number of aromatic hydroxyl groups is 1. The van der Waals surface area contributed by atoms with Gasteiger partial charge in [-0.25, -0.2) is 4.68 Å². The van der Waals surface area contributed by atoms with Gasteiger partial charge in [-0.2, -0.15) is 0 Å². The van der Waals surface area contributed by atoms with E-state index in [1.807, 2.05) is 10.9 Å².